The van der Waals surface area contributed by atoms with Gasteiger partial charge in [0.05, 0.1) is 12.0 Å². The average Bonchev–Trinajstić information content (AvgIpc) is 2.76. The van der Waals surface area contributed by atoms with Crippen LogP contribution in [0.2, 0.25) is 10.0 Å². The number of hydrogen-bond acceptors (Lipinski definition) is 2. The van der Waals surface area contributed by atoms with Gasteiger partial charge in [0, 0.05) is 34.5 Å². The molecule has 0 fully saturated rings. The lowest BCUT2D eigenvalue weighted by Gasteiger charge is -2.26. The fourth-order valence-corrected chi connectivity index (χ4v) is 4.48. The number of rotatable bonds is 9. The number of nitrogens with zero attached hydrogens (tertiary/aromatic N) is 2. The second kappa shape index (κ2) is 11.5. The van der Waals surface area contributed by atoms with E-state index < -0.39 is 0 Å². The Bertz CT molecular complexity index is 906. The van der Waals surface area contributed by atoms with Gasteiger partial charge in [-0.1, -0.05) is 93.7 Å². The normalized spacial score (nSPS) is 13.0. The monoisotopic (exact) mass is 500 g/mol. The summed E-state index contributed by atoms with van der Waals surface area (Å²) in [5, 5.41) is 11.1. The van der Waals surface area contributed by atoms with Crippen molar-refractivity contribution in [3.8, 4) is 6.07 Å². The topological polar surface area (TPSA) is 27.0 Å². The van der Waals surface area contributed by atoms with Crippen molar-refractivity contribution in [1.82, 2.24) is 4.90 Å². The number of alkyl halides is 1. The third kappa shape index (κ3) is 7.15. The summed E-state index contributed by atoms with van der Waals surface area (Å²) in [6.07, 6.45) is 0.748. The van der Waals surface area contributed by atoms with E-state index in [1.54, 1.807) is 0 Å². The van der Waals surface area contributed by atoms with Gasteiger partial charge in [-0.25, -0.2) is 0 Å². The van der Waals surface area contributed by atoms with Gasteiger partial charge in [-0.2, -0.15) is 5.26 Å². The molecule has 0 aliphatic rings. The first-order valence-electron chi connectivity index (χ1n) is 9.83. The first-order chi connectivity index (χ1) is 14.5. The van der Waals surface area contributed by atoms with Gasteiger partial charge in [-0.05, 0) is 47.4 Å². The van der Waals surface area contributed by atoms with Crippen LogP contribution in [0.1, 0.15) is 29.0 Å². The van der Waals surface area contributed by atoms with Crippen LogP contribution in [0.15, 0.2) is 78.9 Å². The highest BCUT2D eigenvalue weighted by Crippen LogP contribution is 2.25. The van der Waals surface area contributed by atoms with Crippen molar-refractivity contribution in [2.45, 2.75) is 30.3 Å². The second-order valence-corrected chi connectivity index (χ2v) is 9.52. The van der Waals surface area contributed by atoms with E-state index in [2.05, 4.69) is 51.2 Å². The molecule has 2 nitrogen and oxygen atoms in total. The molecule has 3 aromatic rings. The quantitative estimate of drug-likeness (QED) is 0.284. The summed E-state index contributed by atoms with van der Waals surface area (Å²) in [5.74, 6) is -0.136. The van der Waals surface area contributed by atoms with Crippen LogP contribution in [-0.4, -0.2) is 16.3 Å². The zero-order valence-electron chi connectivity index (χ0n) is 16.5. The molecule has 5 heteroatoms. The Morgan fingerprint density at radius 2 is 1.30 bits per heavy atom. The summed E-state index contributed by atoms with van der Waals surface area (Å²) in [7, 11) is 0. The molecular weight excluding hydrogens is 479 g/mol. The minimum absolute atomic E-state index is 0.136. The molecule has 0 radical (unpaired) electrons. The first kappa shape index (κ1) is 22.8. The van der Waals surface area contributed by atoms with E-state index in [-0.39, 0.29) is 10.7 Å². The molecule has 0 heterocycles. The van der Waals surface area contributed by atoms with Gasteiger partial charge in [0.25, 0.3) is 0 Å². The molecule has 0 saturated carbocycles. The predicted molar refractivity (Wildman–Crippen MR) is 129 cm³/mol. The van der Waals surface area contributed by atoms with Crippen LogP contribution >= 0.6 is 39.1 Å². The summed E-state index contributed by atoms with van der Waals surface area (Å²) in [6, 6.07) is 28.4. The van der Waals surface area contributed by atoms with Crippen LogP contribution in [0.3, 0.4) is 0 Å². The van der Waals surface area contributed by atoms with Crippen molar-refractivity contribution < 1.29 is 0 Å². The van der Waals surface area contributed by atoms with Crippen LogP contribution in [0.25, 0.3) is 0 Å². The summed E-state index contributed by atoms with van der Waals surface area (Å²) in [5.41, 5.74) is 3.47. The minimum Gasteiger partial charge on any atom is -0.294 e. The number of hydrogen-bond donors (Lipinski definition) is 0. The Kier molecular flexibility index (Phi) is 8.78. The lowest BCUT2D eigenvalue weighted by atomic mass is 9.95. The van der Waals surface area contributed by atoms with Crippen molar-refractivity contribution in [1.29, 1.82) is 5.26 Å². The maximum atomic E-state index is 9.68. The number of benzene rings is 3. The Morgan fingerprint density at radius 3 is 1.77 bits per heavy atom. The molecule has 0 bridgehead atoms. The largest absolute Gasteiger partial charge is 0.294 e. The lowest BCUT2D eigenvalue weighted by Crippen LogP contribution is -2.30. The van der Waals surface area contributed by atoms with E-state index >= 15 is 0 Å². The zero-order valence-corrected chi connectivity index (χ0v) is 19.6. The summed E-state index contributed by atoms with van der Waals surface area (Å²) in [4.78, 5) is 2.56. The summed E-state index contributed by atoms with van der Waals surface area (Å²) >= 11 is 15.9. The maximum absolute atomic E-state index is 9.68. The lowest BCUT2D eigenvalue weighted by molar-refractivity contribution is 0.255. The van der Waals surface area contributed by atoms with Crippen LogP contribution in [-0.2, 0) is 13.1 Å². The van der Waals surface area contributed by atoms with Gasteiger partial charge in [0.15, 0.2) is 0 Å². The maximum Gasteiger partial charge on any atom is 0.0723 e. The number of halogens is 3. The highest BCUT2D eigenvalue weighted by molar-refractivity contribution is 9.09. The molecule has 0 aliphatic carbocycles. The van der Waals surface area contributed by atoms with E-state index in [1.165, 1.54) is 11.1 Å². The van der Waals surface area contributed by atoms with Crippen molar-refractivity contribution >= 4 is 39.1 Å². The van der Waals surface area contributed by atoms with Crippen LogP contribution in [0, 0.1) is 11.3 Å². The highest BCUT2D eigenvalue weighted by atomic mass is 79.9. The minimum atomic E-state index is -0.136. The van der Waals surface area contributed by atoms with Gasteiger partial charge >= 0.3 is 0 Å². The molecule has 2 atom stereocenters. The highest BCUT2D eigenvalue weighted by Gasteiger charge is 2.19. The smallest absolute Gasteiger partial charge is 0.0723 e. The van der Waals surface area contributed by atoms with Gasteiger partial charge in [0.1, 0.15) is 0 Å². The first-order valence-corrected chi connectivity index (χ1v) is 11.5. The standard InChI is InChI=1S/C25H23BrCl2N2/c26-23(14-22(15-29)21-4-2-1-3-5-21)18-30(16-19-6-10-24(27)11-7-19)17-20-8-12-25(28)13-9-20/h1-13,22-23H,14,16-18H2. The van der Waals surface area contributed by atoms with E-state index in [9.17, 15) is 5.26 Å². The van der Waals surface area contributed by atoms with Gasteiger partial charge in [-0.15, -0.1) is 0 Å². The molecule has 3 aromatic carbocycles. The van der Waals surface area contributed by atoms with E-state index in [1.807, 2.05) is 54.6 Å². The van der Waals surface area contributed by atoms with Crippen molar-refractivity contribution in [2.75, 3.05) is 6.54 Å². The molecule has 3 rings (SSSR count). The Hall–Kier alpha value is -1.83. The zero-order chi connectivity index (χ0) is 21.3. The van der Waals surface area contributed by atoms with Crippen molar-refractivity contribution in [3.63, 3.8) is 0 Å². The molecule has 0 spiro atoms. The van der Waals surface area contributed by atoms with Crippen molar-refractivity contribution in [3.05, 3.63) is 106 Å². The molecular formula is C25H23BrCl2N2. The van der Waals surface area contributed by atoms with Gasteiger partial charge < -0.3 is 0 Å². The molecule has 154 valence electrons. The molecule has 0 saturated heterocycles. The Balaban J connectivity index is 1.70. The molecule has 0 aliphatic heterocycles. The SMILES string of the molecule is N#CC(CC(Br)CN(Cc1ccc(Cl)cc1)Cc1ccc(Cl)cc1)c1ccccc1. The fraction of sp³-hybridized carbons (Fsp3) is 0.240. The fourth-order valence-electron chi connectivity index (χ4n) is 3.44. The van der Waals surface area contributed by atoms with Crippen LogP contribution in [0.5, 0.6) is 0 Å². The summed E-state index contributed by atoms with van der Waals surface area (Å²) < 4.78 is 0. The van der Waals surface area contributed by atoms with E-state index in [0.29, 0.717) is 0 Å². The molecule has 0 N–H and O–H groups in total. The van der Waals surface area contributed by atoms with Gasteiger partial charge in [-0.3, -0.25) is 4.90 Å². The third-order valence-corrected chi connectivity index (χ3v) is 6.11. The average molecular weight is 502 g/mol. The van der Waals surface area contributed by atoms with Gasteiger partial charge in [0.2, 0.25) is 0 Å². The van der Waals surface area contributed by atoms with E-state index in [4.69, 9.17) is 23.2 Å². The van der Waals surface area contributed by atoms with Crippen LogP contribution < -0.4 is 0 Å². The van der Waals surface area contributed by atoms with Crippen LogP contribution in [0.4, 0.5) is 0 Å². The second-order valence-electron chi connectivity index (χ2n) is 7.35. The third-order valence-electron chi connectivity index (χ3n) is 4.94. The molecule has 30 heavy (non-hydrogen) atoms. The predicted octanol–water partition coefficient (Wildman–Crippen LogP) is 7.46. The summed E-state index contributed by atoms with van der Waals surface area (Å²) in [6.45, 7) is 2.41. The Morgan fingerprint density at radius 1 is 0.800 bits per heavy atom. The van der Waals surface area contributed by atoms with Crippen molar-refractivity contribution in [2.24, 2.45) is 0 Å². The molecule has 0 amide bonds. The Labute approximate surface area is 197 Å². The molecule has 2 unspecified atom stereocenters. The van der Waals surface area contributed by atoms with E-state index in [0.717, 1.165) is 41.7 Å². The molecule has 0 aromatic heterocycles. The number of nitriles is 1.